The molecule has 0 aliphatic carbocycles. The molecule has 3 nitrogen and oxygen atoms in total. The third-order valence-corrected chi connectivity index (χ3v) is 2.52. The molecular weight excluding hydrogens is 382 g/mol. The van der Waals surface area contributed by atoms with Crippen molar-refractivity contribution < 1.29 is 14.8 Å². The van der Waals surface area contributed by atoms with E-state index in [0.29, 0.717) is 6.61 Å². The van der Waals surface area contributed by atoms with Crippen LogP contribution in [0.5, 0.6) is 0 Å². The summed E-state index contributed by atoms with van der Waals surface area (Å²) in [6.45, 7) is 4.50. The summed E-state index contributed by atoms with van der Waals surface area (Å²) in [6.07, 6.45) is 2.40. The number of hydrogen-bond donors (Lipinski definition) is 1. The number of ether oxygens (including phenoxy) is 1. The normalized spacial score (nSPS) is 11.4. The summed E-state index contributed by atoms with van der Waals surface area (Å²) in [6, 6.07) is 0. The fourth-order valence-electron chi connectivity index (χ4n) is 0.810. The summed E-state index contributed by atoms with van der Waals surface area (Å²) in [5.41, 5.74) is 0. The van der Waals surface area contributed by atoms with E-state index in [4.69, 9.17) is 4.74 Å². The van der Waals surface area contributed by atoms with Crippen LogP contribution in [0.25, 0.3) is 0 Å². The van der Waals surface area contributed by atoms with Crippen molar-refractivity contribution in [1.29, 1.82) is 0 Å². The number of rotatable bonds is 6. The molecule has 6 heteroatoms. The number of halogens is 3. The van der Waals surface area contributed by atoms with E-state index in [9.17, 15) is 4.79 Å². The number of alkyl halides is 3. The van der Waals surface area contributed by atoms with Crippen molar-refractivity contribution >= 4 is 53.8 Å². The van der Waals surface area contributed by atoms with Crippen molar-refractivity contribution in [3.8, 4) is 0 Å². The second-order valence-corrected chi connectivity index (χ2v) is 9.61. The molecule has 0 aromatic rings. The Bertz CT molecular complexity index is 170. The molecule has 0 spiro atoms. The second kappa shape index (κ2) is 8.07. The van der Waals surface area contributed by atoms with Crippen LogP contribution in [-0.4, -0.2) is 27.8 Å². The molecule has 0 atom stereocenters. The van der Waals surface area contributed by atoms with Gasteiger partial charge >= 0.3 is 5.97 Å². The number of carbonyl (C=O) groups excluding carboxylic acids is 1. The Balaban J connectivity index is 3.33. The van der Waals surface area contributed by atoms with Gasteiger partial charge in [0.2, 0.25) is 2.14 Å². The van der Waals surface area contributed by atoms with Gasteiger partial charge in [-0.25, -0.2) is 4.79 Å². The van der Waals surface area contributed by atoms with Crippen molar-refractivity contribution in [1.82, 2.24) is 0 Å². The highest BCUT2D eigenvalue weighted by Gasteiger charge is 2.30. The first-order valence-corrected chi connectivity index (χ1v) is 6.92. The Morgan fingerprint density at radius 1 is 1.36 bits per heavy atom. The Kier molecular flexibility index (Phi) is 8.57. The molecule has 0 fully saturated rings. The van der Waals surface area contributed by atoms with Crippen LogP contribution in [0.15, 0.2) is 0 Å². The van der Waals surface area contributed by atoms with Crippen LogP contribution in [0.3, 0.4) is 0 Å². The van der Waals surface area contributed by atoms with Gasteiger partial charge in [-0.2, -0.15) is 0 Å². The van der Waals surface area contributed by atoms with Gasteiger partial charge in [-0.15, -0.1) is 0 Å². The van der Waals surface area contributed by atoms with Gasteiger partial charge < -0.3 is 10.1 Å². The van der Waals surface area contributed by atoms with Gasteiger partial charge in [0.15, 0.2) is 0 Å². The zero-order chi connectivity index (χ0) is 11.0. The molecule has 0 aliphatic rings. The molecule has 0 aromatic heterocycles. The van der Waals surface area contributed by atoms with Crippen LogP contribution in [-0.2, 0) is 9.53 Å². The standard InChI is InChI=1S/C8H14Br3NO2/c1-2-3-4-12-5-6-14-7(13)8(9,10)11/h12H,2-6H2,1H3/p+1. The highest BCUT2D eigenvalue weighted by Crippen LogP contribution is 2.34. The topological polar surface area (TPSA) is 42.9 Å². The summed E-state index contributed by atoms with van der Waals surface area (Å²) < 4.78 is 4.04. The van der Waals surface area contributed by atoms with Crippen LogP contribution < -0.4 is 5.32 Å². The van der Waals surface area contributed by atoms with Crippen molar-refractivity contribution in [3.05, 3.63) is 0 Å². The summed E-state index contributed by atoms with van der Waals surface area (Å²) in [5.74, 6) is -0.360. The van der Waals surface area contributed by atoms with E-state index in [1.807, 2.05) is 0 Å². The van der Waals surface area contributed by atoms with E-state index in [0.717, 1.165) is 13.1 Å². The highest BCUT2D eigenvalue weighted by atomic mass is 80.0. The first kappa shape index (κ1) is 14.9. The molecule has 0 radical (unpaired) electrons. The monoisotopic (exact) mass is 394 g/mol. The number of esters is 1. The zero-order valence-corrected chi connectivity index (χ0v) is 12.8. The fourth-order valence-corrected chi connectivity index (χ4v) is 1.15. The van der Waals surface area contributed by atoms with Crippen molar-refractivity contribution in [3.63, 3.8) is 0 Å². The zero-order valence-electron chi connectivity index (χ0n) is 8.06. The van der Waals surface area contributed by atoms with Crippen molar-refractivity contribution in [2.45, 2.75) is 21.9 Å². The molecule has 0 aliphatic heterocycles. The number of unbranched alkanes of at least 4 members (excludes halogenated alkanes) is 1. The quantitative estimate of drug-likeness (QED) is 0.422. The second-order valence-electron chi connectivity index (χ2n) is 2.85. The molecule has 0 saturated heterocycles. The lowest BCUT2D eigenvalue weighted by Gasteiger charge is -2.10. The SMILES string of the molecule is CCCC[NH2+]CCOC(=O)C(Br)(Br)Br. The average molecular weight is 397 g/mol. The Labute approximate surface area is 110 Å². The lowest BCUT2D eigenvalue weighted by atomic mass is 10.3. The molecule has 0 saturated carbocycles. The molecule has 0 aromatic carbocycles. The largest absolute Gasteiger partial charge is 0.457 e. The maximum absolute atomic E-state index is 11.2. The number of quaternary nitrogens is 1. The number of carbonyl (C=O) groups is 1. The summed E-state index contributed by atoms with van der Waals surface area (Å²) in [4.78, 5) is 11.2. The van der Waals surface area contributed by atoms with Gasteiger partial charge in [-0.3, -0.25) is 0 Å². The van der Waals surface area contributed by atoms with Crippen LogP contribution in [0.2, 0.25) is 0 Å². The Morgan fingerprint density at radius 2 is 2.00 bits per heavy atom. The first-order valence-electron chi connectivity index (χ1n) is 4.54. The Hall–Kier alpha value is 0.870. The minimum atomic E-state index is -0.934. The molecule has 84 valence electrons. The fraction of sp³-hybridized carbons (Fsp3) is 0.875. The predicted octanol–water partition coefficient (Wildman–Crippen LogP) is 1.73. The summed E-state index contributed by atoms with van der Waals surface area (Å²) in [7, 11) is 0. The molecule has 0 amide bonds. The third-order valence-electron chi connectivity index (χ3n) is 1.55. The van der Waals surface area contributed by atoms with Gasteiger partial charge in [0.1, 0.15) is 13.2 Å². The van der Waals surface area contributed by atoms with E-state index >= 15 is 0 Å². The maximum Gasteiger partial charge on any atom is 0.345 e. The molecule has 0 bridgehead atoms. The highest BCUT2D eigenvalue weighted by molar-refractivity contribution is 9.40. The minimum Gasteiger partial charge on any atom is -0.457 e. The van der Waals surface area contributed by atoms with Crippen molar-refractivity contribution in [2.24, 2.45) is 0 Å². The molecular formula is C8H15Br3NO2+. The molecule has 14 heavy (non-hydrogen) atoms. The maximum atomic E-state index is 11.2. The van der Waals surface area contributed by atoms with E-state index < -0.39 is 2.14 Å². The molecule has 0 heterocycles. The van der Waals surface area contributed by atoms with Crippen molar-refractivity contribution in [2.75, 3.05) is 19.7 Å². The van der Waals surface area contributed by atoms with Gasteiger partial charge in [-0.1, -0.05) is 13.3 Å². The lowest BCUT2D eigenvalue weighted by molar-refractivity contribution is -0.656. The van der Waals surface area contributed by atoms with E-state index in [1.165, 1.54) is 12.8 Å². The van der Waals surface area contributed by atoms with Crippen LogP contribution in [0.1, 0.15) is 19.8 Å². The third kappa shape index (κ3) is 8.20. The average Bonchev–Trinajstić information content (AvgIpc) is 2.09. The van der Waals surface area contributed by atoms with Crippen LogP contribution >= 0.6 is 47.8 Å². The van der Waals surface area contributed by atoms with E-state index in [1.54, 1.807) is 0 Å². The smallest absolute Gasteiger partial charge is 0.345 e. The number of nitrogens with two attached hydrogens (primary N) is 1. The van der Waals surface area contributed by atoms with Gasteiger partial charge in [0.25, 0.3) is 0 Å². The minimum absolute atomic E-state index is 0.360. The summed E-state index contributed by atoms with van der Waals surface area (Å²) >= 11 is 9.26. The van der Waals surface area contributed by atoms with E-state index in [-0.39, 0.29) is 5.97 Å². The Morgan fingerprint density at radius 3 is 2.50 bits per heavy atom. The molecule has 0 rings (SSSR count). The number of hydrogen-bond acceptors (Lipinski definition) is 2. The van der Waals surface area contributed by atoms with Crippen LogP contribution in [0, 0.1) is 0 Å². The first-order chi connectivity index (χ1) is 6.48. The molecule has 2 N–H and O–H groups in total. The van der Waals surface area contributed by atoms with Gasteiger partial charge in [0.05, 0.1) is 6.54 Å². The lowest BCUT2D eigenvalue weighted by Crippen LogP contribution is -2.85. The molecule has 0 unspecified atom stereocenters. The van der Waals surface area contributed by atoms with Crippen LogP contribution in [0.4, 0.5) is 0 Å². The predicted molar refractivity (Wildman–Crippen MR) is 67.0 cm³/mol. The van der Waals surface area contributed by atoms with E-state index in [2.05, 4.69) is 60.0 Å². The summed E-state index contributed by atoms with van der Waals surface area (Å²) in [5, 5.41) is 2.15. The van der Waals surface area contributed by atoms with Gasteiger partial charge in [0, 0.05) is 0 Å². The van der Waals surface area contributed by atoms with Gasteiger partial charge in [-0.05, 0) is 54.2 Å².